The van der Waals surface area contributed by atoms with E-state index in [2.05, 4.69) is 5.32 Å². The highest BCUT2D eigenvalue weighted by molar-refractivity contribution is 6.05. The second-order valence-corrected chi connectivity index (χ2v) is 4.90. The molecule has 7 heteroatoms. The molecule has 0 saturated carbocycles. The summed E-state index contributed by atoms with van der Waals surface area (Å²) in [6.07, 6.45) is 0. The molecule has 1 amide bonds. The van der Waals surface area contributed by atoms with Crippen LogP contribution in [0.4, 0.5) is 5.69 Å². The zero-order valence-electron chi connectivity index (χ0n) is 14.4. The van der Waals surface area contributed by atoms with Gasteiger partial charge in [-0.15, -0.1) is 0 Å². The Morgan fingerprint density at radius 3 is 2.00 bits per heavy atom. The number of carbonyl (C=O) groups is 1. The lowest BCUT2D eigenvalue weighted by molar-refractivity contribution is 0.102. The van der Waals surface area contributed by atoms with Crippen LogP contribution in [0.15, 0.2) is 30.3 Å². The molecule has 0 atom stereocenters. The molecule has 2 aromatic carbocycles. The van der Waals surface area contributed by atoms with Gasteiger partial charge in [0.15, 0.2) is 11.5 Å². The van der Waals surface area contributed by atoms with E-state index in [1.54, 1.807) is 24.3 Å². The van der Waals surface area contributed by atoms with Crippen LogP contribution in [0.2, 0.25) is 0 Å². The summed E-state index contributed by atoms with van der Waals surface area (Å²) in [5, 5.41) is 11.9. The Hall–Kier alpha value is -3.40. The molecule has 0 fully saturated rings. The molecule has 130 valence electrons. The highest BCUT2D eigenvalue weighted by atomic mass is 16.5. The smallest absolute Gasteiger partial charge is 0.255 e. The van der Waals surface area contributed by atoms with Gasteiger partial charge in [-0.3, -0.25) is 4.79 Å². The molecule has 0 aliphatic carbocycles. The van der Waals surface area contributed by atoms with Crippen molar-refractivity contribution >= 4 is 11.6 Å². The SMILES string of the molecule is COc1ccc(C(=O)Nc2cc(OC)c(OC)c(OC)c2)cc1C#N. The summed E-state index contributed by atoms with van der Waals surface area (Å²) in [6, 6.07) is 9.85. The third-order valence-corrected chi connectivity index (χ3v) is 3.50. The maximum atomic E-state index is 12.5. The van der Waals surface area contributed by atoms with E-state index in [1.165, 1.54) is 34.5 Å². The van der Waals surface area contributed by atoms with Crippen LogP contribution in [0.3, 0.4) is 0 Å². The molecule has 0 radical (unpaired) electrons. The van der Waals surface area contributed by atoms with Crippen molar-refractivity contribution in [2.75, 3.05) is 33.8 Å². The minimum absolute atomic E-state index is 0.278. The number of carbonyl (C=O) groups excluding carboxylic acids is 1. The number of nitriles is 1. The highest BCUT2D eigenvalue weighted by Gasteiger charge is 2.16. The molecule has 0 aliphatic heterocycles. The Morgan fingerprint density at radius 1 is 0.920 bits per heavy atom. The third kappa shape index (κ3) is 3.75. The summed E-state index contributed by atoms with van der Waals surface area (Å²) in [5.41, 5.74) is 1.07. The van der Waals surface area contributed by atoms with Crippen molar-refractivity contribution in [2.45, 2.75) is 0 Å². The van der Waals surface area contributed by atoms with Gasteiger partial charge in [0.1, 0.15) is 11.8 Å². The Bertz CT molecular complexity index is 802. The fraction of sp³-hybridized carbons (Fsp3) is 0.222. The minimum Gasteiger partial charge on any atom is -0.495 e. The topological polar surface area (TPSA) is 89.8 Å². The molecule has 2 rings (SSSR count). The van der Waals surface area contributed by atoms with Gasteiger partial charge >= 0.3 is 0 Å². The molecular formula is C18H18N2O5. The Morgan fingerprint density at radius 2 is 1.52 bits per heavy atom. The number of amides is 1. The van der Waals surface area contributed by atoms with Crippen LogP contribution in [0.1, 0.15) is 15.9 Å². The van der Waals surface area contributed by atoms with E-state index in [1.807, 2.05) is 6.07 Å². The predicted molar refractivity (Wildman–Crippen MR) is 91.8 cm³/mol. The van der Waals surface area contributed by atoms with Gasteiger partial charge in [-0.25, -0.2) is 0 Å². The molecular weight excluding hydrogens is 324 g/mol. The summed E-state index contributed by atoms with van der Waals surface area (Å²) in [5.74, 6) is 1.30. The average molecular weight is 342 g/mol. The van der Waals surface area contributed by atoms with E-state index >= 15 is 0 Å². The van der Waals surface area contributed by atoms with Crippen molar-refractivity contribution in [1.29, 1.82) is 5.26 Å². The van der Waals surface area contributed by atoms with Crippen molar-refractivity contribution in [1.82, 2.24) is 0 Å². The Balaban J connectivity index is 2.33. The van der Waals surface area contributed by atoms with E-state index in [4.69, 9.17) is 24.2 Å². The molecule has 0 aliphatic rings. The van der Waals surface area contributed by atoms with Crippen LogP contribution in [0.25, 0.3) is 0 Å². The summed E-state index contributed by atoms with van der Waals surface area (Å²) in [7, 11) is 5.95. The molecule has 1 N–H and O–H groups in total. The van der Waals surface area contributed by atoms with Crippen molar-refractivity contribution in [3.8, 4) is 29.1 Å². The van der Waals surface area contributed by atoms with E-state index < -0.39 is 0 Å². The van der Waals surface area contributed by atoms with E-state index in [0.29, 0.717) is 34.2 Å². The van der Waals surface area contributed by atoms with Crippen LogP contribution in [0.5, 0.6) is 23.0 Å². The number of rotatable bonds is 6. The minimum atomic E-state index is -0.381. The van der Waals surface area contributed by atoms with Gasteiger partial charge in [-0.1, -0.05) is 0 Å². The zero-order chi connectivity index (χ0) is 18.4. The molecule has 2 aromatic rings. The molecule has 25 heavy (non-hydrogen) atoms. The summed E-state index contributed by atoms with van der Waals surface area (Å²) >= 11 is 0. The normalized spacial score (nSPS) is 9.72. The molecule has 7 nitrogen and oxygen atoms in total. The van der Waals surface area contributed by atoms with Crippen LogP contribution in [-0.4, -0.2) is 34.3 Å². The Kier molecular flexibility index (Phi) is 5.69. The number of hydrogen-bond acceptors (Lipinski definition) is 6. The standard InChI is InChI=1S/C18H18N2O5/c1-22-14-6-5-11(7-12(14)10-19)18(21)20-13-8-15(23-2)17(25-4)16(9-13)24-3/h5-9H,1-4H3,(H,20,21). The summed E-state index contributed by atoms with van der Waals surface area (Å²) in [4.78, 5) is 12.5. The lowest BCUT2D eigenvalue weighted by Crippen LogP contribution is -2.12. The Labute approximate surface area is 145 Å². The largest absolute Gasteiger partial charge is 0.495 e. The van der Waals surface area contributed by atoms with Gasteiger partial charge in [0.2, 0.25) is 5.75 Å². The quantitative estimate of drug-likeness (QED) is 0.868. The molecule has 0 saturated heterocycles. The number of nitrogens with one attached hydrogen (secondary N) is 1. The lowest BCUT2D eigenvalue weighted by Gasteiger charge is -2.14. The molecule has 0 unspecified atom stereocenters. The first-order chi connectivity index (χ1) is 12.1. The van der Waals surface area contributed by atoms with Gasteiger partial charge in [-0.2, -0.15) is 5.26 Å². The second kappa shape index (κ2) is 7.93. The van der Waals surface area contributed by atoms with Crippen molar-refractivity contribution < 1.29 is 23.7 Å². The van der Waals surface area contributed by atoms with Crippen LogP contribution >= 0.6 is 0 Å². The second-order valence-electron chi connectivity index (χ2n) is 4.90. The van der Waals surface area contributed by atoms with Crippen molar-refractivity contribution in [2.24, 2.45) is 0 Å². The van der Waals surface area contributed by atoms with Gasteiger partial charge in [0.05, 0.1) is 34.0 Å². The van der Waals surface area contributed by atoms with Crippen LogP contribution in [-0.2, 0) is 0 Å². The van der Waals surface area contributed by atoms with Gasteiger partial charge < -0.3 is 24.3 Å². The van der Waals surface area contributed by atoms with E-state index in [-0.39, 0.29) is 11.5 Å². The highest BCUT2D eigenvalue weighted by Crippen LogP contribution is 2.40. The van der Waals surface area contributed by atoms with Gasteiger partial charge in [-0.05, 0) is 18.2 Å². The average Bonchev–Trinajstić information content (AvgIpc) is 2.66. The van der Waals surface area contributed by atoms with Crippen molar-refractivity contribution in [3.05, 3.63) is 41.5 Å². The number of ether oxygens (including phenoxy) is 4. The first-order valence-corrected chi connectivity index (χ1v) is 7.27. The summed E-state index contributed by atoms with van der Waals surface area (Å²) < 4.78 is 20.8. The lowest BCUT2D eigenvalue weighted by atomic mass is 10.1. The molecule has 0 spiro atoms. The predicted octanol–water partition coefficient (Wildman–Crippen LogP) is 2.84. The number of anilines is 1. The fourth-order valence-corrected chi connectivity index (χ4v) is 2.29. The maximum Gasteiger partial charge on any atom is 0.255 e. The van der Waals surface area contributed by atoms with Gasteiger partial charge in [0, 0.05) is 23.4 Å². The number of benzene rings is 2. The zero-order valence-corrected chi connectivity index (χ0v) is 14.4. The fourth-order valence-electron chi connectivity index (χ4n) is 2.29. The van der Waals surface area contributed by atoms with E-state index in [9.17, 15) is 4.79 Å². The van der Waals surface area contributed by atoms with Crippen molar-refractivity contribution in [3.63, 3.8) is 0 Å². The van der Waals surface area contributed by atoms with E-state index in [0.717, 1.165) is 0 Å². The first-order valence-electron chi connectivity index (χ1n) is 7.27. The molecule has 0 heterocycles. The van der Waals surface area contributed by atoms with Gasteiger partial charge in [0.25, 0.3) is 5.91 Å². The summed E-state index contributed by atoms with van der Waals surface area (Å²) in [6.45, 7) is 0. The third-order valence-electron chi connectivity index (χ3n) is 3.50. The van der Waals surface area contributed by atoms with Crippen LogP contribution in [0, 0.1) is 11.3 Å². The number of nitrogens with zero attached hydrogens (tertiary/aromatic N) is 1. The van der Waals surface area contributed by atoms with Crippen LogP contribution < -0.4 is 24.3 Å². The molecule has 0 aromatic heterocycles. The number of hydrogen-bond donors (Lipinski definition) is 1. The molecule has 0 bridgehead atoms. The first kappa shape index (κ1) is 17.9. The maximum absolute atomic E-state index is 12.5. The number of methoxy groups -OCH3 is 4. The monoisotopic (exact) mass is 342 g/mol.